The van der Waals surface area contributed by atoms with E-state index in [9.17, 15) is 13.5 Å². The summed E-state index contributed by atoms with van der Waals surface area (Å²) in [4.78, 5) is 0.122. The van der Waals surface area contributed by atoms with Crippen molar-refractivity contribution in [2.75, 3.05) is 12.3 Å². The largest absolute Gasteiger partial charge is 0.399 e. The minimum Gasteiger partial charge on any atom is -0.399 e. The first-order chi connectivity index (χ1) is 9.94. The van der Waals surface area contributed by atoms with Gasteiger partial charge in [-0.3, -0.25) is 0 Å². The fourth-order valence-electron chi connectivity index (χ4n) is 2.05. The van der Waals surface area contributed by atoms with E-state index in [4.69, 9.17) is 5.73 Å². The Morgan fingerprint density at radius 1 is 1.19 bits per heavy atom. The molecular formula is C15H18N2O3S. The van der Waals surface area contributed by atoms with Crippen molar-refractivity contribution in [1.82, 2.24) is 4.72 Å². The lowest BCUT2D eigenvalue weighted by atomic mass is 10.1. The van der Waals surface area contributed by atoms with E-state index in [2.05, 4.69) is 4.72 Å². The molecule has 5 nitrogen and oxygen atoms in total. The lowest BCUT2D eigenvalue weighted by Gasteiger charge is -2.18. The topological polar surface area (TPSA) is 92.4 Å². The molecule has 0 radical (unpaired) electrons. The van der Waals surface area contributed by atoms with E-state index in [1.54, 1.807) is 43.3 Å². The number of hydrogen-bond donors (Lipinski definition) is 3. The Kier molecular flexibility index (Phi) is 4.62. The van der Waals surface area contributed by atoms with Crippen LogP contribution in [-0.2, 0) is 10.0 Å². The zero-order valence-electron chi connectivity index (χ0n) is 11.7. The summed E-state index contributed by atoms with van der Waals surface area (Å²) < 4.78 is 27.5. The molecule has 6 heteroatoms. The minimum atomic E-state index is -3.76. The molecule has 21 heavy (non-hydrogen) atoms. The number of hydrogen-bond acceptors (Lipinski definition) is 4. The third-order valence-electron chi connectivity index (χ3n) is 3.18. The predicted octanol–water partition coefficient (Wildman–Crippen LogP) is 1.59. The van der Waals surface area contributed by atoms with E-state index < -0.39 is 16.1 Å². The average Bonchev–Trinajstić information content (AvgIpc) is 2.48. The van der Waals surface area contributed by atoms with Crippen LogP contribution < -0.4 is 10.5 Å². The number of aryl methyl sites for hydroxylation is 1. The monoisotopic (exact) mass is 306 g/mol. The lowest BCUT2D eigenvalue weighted by molar-refractivity contribution is 0.259. The first-order valence-corrected chi connectivity index (χ1v) is 7.96. The highest BCUT2D eigenvalue weighted by atomic mass is 32.2. The quantitative estimate of drug-likeness (QED) is 0.731. The van der Waals surface area contributed by atoms with E-state index >= 15 is 0 Å². The van der Waals surface area contributed by atoms with Gasteiger partial charge in [0.05, 0.1) is 17.5 Å². The maximum Gasteiger partial charge on any atom is 0.241 e. The van der Waals surface area contributed by atoms with E-state index in [0.29, 0.717) is 16.8 Å². The molecule has 0 aromatic heterocycles. The molecule has 0 aliphatic carbocycles. The molecule has 0 unspecified atom stereocenters. The summed E-state index contributed by atoms with van der Waals surface area (Å²) in [5.41, 5.74) is 7.33. The maximum atomic E-state index is 12.5. The van der Waals surface area contributed by atoms with Crippen molar-refractivity contribution in [2.45, 2.75) is 17.9 Å². The van der Waals surface area contributed by atoms with Gasteiger partial charge in [0, 0.05) is 5.69 Å². The van der Waals surface area contributed by atoms with Crippen molar-refractivity contribution >= 4 is 15.7 Å². The summed E-state index contributed by atoms with van der Waals surface area (Å²) >= 11 is 0. The Labute approximate surface area is 124 Å². The molecule has 0 aliphatic heterocycles. The molecule has 0 bridgehead atoms. The third kappa shape index (κ3) is 3.60. The van der Waals surface area contributed by atoms with Crippen LogP contribution in [-0.4, -0.2) is 20.1 Å². The standard InChI is InChI=1S/C15H18N2O3S/c1-11-7-8-13(16)9-15(11)21(19,20)17-14(10-18)12-5-3-2-4-6-12/h2-9,14,17-18H,10,16H2,1H3/t14-/m0/s1. The third-order valence-corrected chi connectivity index (χ3v) is 4.80. The molecular weight excluding hydrogens is 288 g/mol. The minimum absolute atomic E-state index is 0.122. The van der Waals surface area contributed by atoms with Gasteiger partial charge in [-0.2, -0.15) is 0 Å². The Morgan fingerprint density at radius 3 is 2.48 bits per heavy atom. The van der Waals surface area contributed by atoms with Crippen LogP contribution in [0.4, 0.5) is 5.69 Å². The van der Waals surface area contributed by atoms with Crippen molar-refractivity contribution in [3.05, 3.63) is 59.7 Å². The van der Waals surface area contributed by atoms with Crippen LogP contribution in [0.1, 0.15) is 17.2 Å². The first-order valence-electron chi connectivity index (χ1n) is 6.48. The van der Waals surface area contributed by atoms with Crippen molar-refractivity contribution in [1.29, 1.82) is 0 Å². The van der Waals surface area contributed by atoms with Crippen LogP contribution in [0, 0.1) is 6.92 Å². The van der Waals surface area contributed by atoms with Gasteiger partial charge in [0.15, 0.2) is 0 Å². The van der Waals surface area contributed by atoms with Crippen molar-refractivity contribution in [3.63, 3.8) is 0 Å². The van der Waals surface area contributed by atoms with E-state index in [1.807, 2.05) is 6.07 Å². The zero-order valence-corrected chi connectivity index (χ0v) is 12.5. The highest BCUT2D eigenvalue weighted by Gasteiger charge is 2.22. The molecule has 2 aromatic rings. The first kappa shape index (κ1) is 15.5. The van der Waals surface area contributed by atoms with Gasteiger partial charge in [0.25, 0.3) is 0 Å². The smallest absolute Gasteiger partial charge is 0.241 e. The second kappa shape index (κ2) is 6.26. The molecule has 0 spiro atoms. The Bertz CT molecular complexity index is 715. The van der Waals surface area contributed by atoms with Crippen molar-refractivity contribution < 1.29 is 13.5 Å². The van der Waals surface area contributed by atoms with Gasteiger partial charge in [-0.1, -0.05) is 36.4 Å². The highest BCUT2D eigenvalue weighted by Crippen LogP contribution is 2.21. The van der Waals surface area contributed by atoms with Gasteiger partial charge in [-0.15, -0.1) is 0 Å². The van der Waals surface area contributed by atoms with Crippen LogP contribution in [0.5, 0.6) is 0 Å². The van der Waals surface area contributed by atoms with Gasteiger partial charge < -0.3 is 10.8 Å². The highest BCUT2D eigenvalue weighted by molar-refractivity contribution is 7.89. The van der Waals surface area contributed by atoms with Crippen LogP contribution in [0.25, 0.3) is 0 Å². The van der Waals surface area contributed by atoms with E-state index in [1.165, 1.54) is 6.07 Å². The second-order valence-corrected chi connectivity index (χ2v) is 6.47. The summed E-state index contributed by atoms with van der Waals surface area (Å²) in [6.45, 7) is 1.37. The Hall–Kier alpha value is -1.89. The van der Waals surface area contributed by atoms with Gasteiger partial charge in [-0.05, 0) is 30.2 Å². The average molecular weight is 306 g/mol. The summed E-state index contributed by atoms with van der Waals surface area (Å²) in [6, 6.07) is 12.9. The molecule has 4 N–H and O–H groups in total. The number of rotatable bonds is 5. The van der Waals surface area contributed by atoms with E-state index in [-0.39, 0.29) is 11.5 Å². The van der Waals surface area contributed by atoms with Crippen LogP contribution >= 0.6 is 0 Å². The number of aliphatic hydroxyl groups excluding tert-OH is 1. The second-order valence-electron chi connectivity index (χ2n) is 4.79. The number of nitrogens with two attached hydrogens (primary N) is 1. The van der Waals surface area contributed by atoms with Crippen LogP contribution in [0.15, 0.2) is 53.4 Å². The van der Waals surface area contributed by atoms with Crippen LogP contribution in [0.3, 0.4) is 0 Å². The summed E-state index contributed by atoms with van der Waals surface area (Å²) in [7, 11) is -3.76. The lowest BCUT2D eigenvalue weighted by Crippen LogP contribution is -2.31. The molecule has 2 rings (SSSR count). The molecule has 2 aromatic carbocycles. The molecule has 0 aliphatic rings. The molecule has 112 valence electrons. The number of benzene rings is 2. The maximum absolute atomic E-state index is 12.5. The van der Waals surface area contributed by atoms with Gasteiger partial charge >= 0.3 is 0 Å². The van der Waals surface area contributed by atoms with E-state index in [0.717, 1.165) is 0 Å². The Balaban J connectivity index is 2.34. The summed E-state index contributed by atoms with van der Waals surface area (Å²) in [6.07, 6.45) is 0. The van der Waals surface area contributed by atoms with Gasteiger partial charge in [0.2, 0.25) is 10.0 Å². The normalized spacial score (nSPS) is 13.0. The molecule has 0 fully saturated rings. The van der Waals surface area contributed by atoms with Crippen molar-refractivity contribution in [2.24, 2.45) is 0 Å². The Morgan fingerprint density at radius 2 is 1.86 bits per heavy atom. The molecule has 0 saturated heterocycles. The molecule has 1 atom stereocenters. The number of anilines is 1. The van der Waals surface area contributed by atoms with Crippen LogP contribution in [0.2, 0.25) is 0 Å². The SMILES string of the molecule is Cc1ccc(N)cc1S(=O)(=O)N[C@@H](CO)c1ccccc1. The molecule has 0 saturated carbocycles. The predicted molar refractivity (Wildman–Crippen MR) is 82.2 cm³/mol. The van der Waals surface area contributed by atoms with Gasteiger partial charge in [0.1, 0.15) is 0 Å². The zero-order chi connectivity index (χ0) is 15.5. The fraction of sp³-hybridized carbons (Fsp3) is 0.200. The van der Waals surface area contributed by atoms with Gasteiger partial charge in [-0.25, -0.2) is 13.1 Å². The van der Waals surface area contributed by atoms with Crippen molar-refractivity contribution in [3.8, 4) is 0 Å². The molecule has 0 heterocycles. The number of nitrogen functional groups attached to an aromatic ring is 1. The number of aliphatic hydroxyl groups is 1. The number of sulfonamides is 1. The fourth-order valence-corrected chi connectivity index (χ4v) is 3.55. The summed E-state index contributed by atoms with van der Waals surface area (Å²) in [5.74, 6) is 0. The summed E-state index contributed by atoms with van der Waals surface area (Å²) in [5, 5.41) is 9.46. The molecule has 0 amide bonds. The number of nitrogens with one attached hydrogen (secondary N) is 1.